The average Bonchev–Trinajstić information content (AvgIpc) is 3.41. The normalized spacial score (nSPS) is 25.6. The first-order valence-corrected chi connectivity index (χ1v) is 13.3. The van der Waals surface area contributed by atoms with Crippen LogP contribution in [0.25, 0.3) is 6.08 Å². The van der Waals surface area contributed by atoms with E-state index in [0.717, 1.165) is 29.6 Å². The number of imide groups is 1. The van der Waals surface area contributed by atoms with Crippen LogP contribution in [0.3, 0.4) is 0 Å². The number of nitrogens with zero attached hydrogens (tertiary/aromatic N) is 1. The number of carbonyl (C=O) groups is 3. The van der Waals surface area contributed by atoms with Crippen LogP contribution in [0.2, 0.25) is 0 Å². The maximum Gasteiger partial charge on any atom is 0.303 e. The number of aliphatic hydroxyl groups excluding tert-OH is 1. The highest BCUT2D eigenvalue weighted by Gasteiger charge is 2.56. The van der Waals surface area contributed by atoms with Gasteiger partial charge in [-0.15, -0.1) is 0 Å². The molecule has 3 aliphatic rings. The van der Waals surface area contributed by atoms with Gasteiger partial charge in [0.1, 0.15) is 5.75 Å². The van der Waals surface area contributed by atoms with Crippen molar-refractivity contribution >= 4 is 23.9 Å². The number of rotatable bonds is 12. The lowest BCUT2D eigenvalue weighted by Gasteiger charge is -2.31. The van der Waals surface area contributed by atoms with Gasteiger partial charge < -0.3 is 20.1 Å². The second kappa shape index (κ2) is 12.0. The second-order valence-corrected chi connectivity index (χ2v) is 10.3. The fourth-order valence-corrected chi connectivity index (χ4v) is 6.12. The minimum Gasteiger partial charge on any atom is -0.507 e. The maximum absolute atomic E-state index is 13.4. The van der Waals surface area contributed by atoms with Gasteiger partial charge in [0.15, 0.2) is 0 Å². The summed E-state index contributed by atoms with van der Waals surface area (Å²) in [5.41, 5.74) is 3.76. The summed E-state index contributed by atoms with van der Waals surface area (Å²) in [7, 11) is 0. The van der Waals surface area contributed by atoms with Gasteiger partial charge in [-0.25, -0.2) is 0 Å². The standard InChI is InChI=1S/C29H37NO7/c1-2-18(14-19-8-5-6-9-23(19)32)11-12-24-26-20(16-31)15-21-27(22(26)17-37-24)29(36)30(28(21)35)13-7-3-4-10-25(33)34/h5-6,8-9,14,21-22,24,27,31-32H,2-4,7,10-13,15-17H2,1H3,(H,33,34)/b18-14+/t21-,22+,24-,27-/m1/s1. The number of ether oxygens (including phenoxy) is 1. The zero-order chi connectivity index (χ0) is 26.5. The Kier molecular flexibility index (Phi) is 8.82. The molecule has 4 atom stereocenters. The lowest BCUT2D eigenvalue weighted by molar-refractivity contribution is -0.141. The summed E-state index contributed by atoms with van der Waals surface area (Å²) in [6, 6.07) is 7.22. The summed E-state index contributed by atoms with van der Waals surface area (Å²) in [4.78, 5) is 38.6. The van der Waals surface area contributed by atoms with E-state index in [1.165, 1.54) is 10.5 Å². The van der Waals surface area contributed by atoms with E-state index in [4.69, 9.17) is 9.84 Å². The number of aliphatic carboxylic acids is 1. The van der Waals surface area contributed by atoms with Crippen LogP contribution >= 0.6 is 0 Å². The van der Waals surface area contributed by atoms with Crippen LogP contribution in [0, 0.1) is 17.8 Å². The van der Waals surface area contributed by atoms with E-state index < -0.39 is 17.8 Å². The van der Waals surface area contributed by atoms with E-state index >= 15 is 0 Å². The Morgan fingerprint density at radius 1 is 1.11 bits per heavy atom. The molecular weight excluding hydrogens is 474 g/mol. The number of aliphatic hydroxyl groups is 1. The molecule has 2 saturated heterocycles. The van der Waals surface area contributed by atoms with E-state index in [0.29, 0.717) is 45.3 Å². The Morgan fingerprint density at radius 2 is 1.89 bits per heavy atom. The van der Waals surface area contributed by atoms with Crippen molar-refractivity contribution in [3.63, 3.8) is 0 Å². The number of para-hydroxylation sites is 1. The molecule has 0 saturated carbocycles. The minimum atomic E-state index is -0.843. The van der Waals surface area contributed by atoms with Crippen molar-refractivity contribution in [1.82, 2.24) is 4.90 Å². The number of hydrogen-bond donors (Lipinski definition) is 3. The van der Waals surface area contributed by atoms with Gasteiger partial charge in [0, 0.05) is 24.4 Å². The number of likely N-dealkylation sites (tertiary alicyclic amines) is 1. The van der Waals surface area contributed by atoms with Crippen molar-refractivity contribution in [1.29, 1.82) is 0 Å². The molecule has 0 bridgehead atoms. The molecular formula is C29H37NO7. The number of carboxylic acids is 1. The minimum absolute atomic E-state index is 0.0858. The molecule has 200 valence electrons. The highest BCUT2D eigenvalue weighted by molar-refractivity contribution is 6.06. The number of allylic oxidation sites excluding steroid dienone is 1. The van der Waals surface area contributed by atoms with Crippen molar-refractivity contribution in [3.8, 4) is 5.75 Å². The second-order valence-electron chi connectivity index (χ2n) is 10.3. The van der Waals surface area contributed by atoms with Crippen molar-refractivity contribution < 1.29 is 34.4 Å². The summed E-state index contributed by atoms with van der Waals surface area (Å²) >= 11 is 0. The number of carbonyl (C=O) groups excluding carboxylic acids is 2. The predicted molar refractivity (Wildman–Crippen MR) is 137 cm³/mol. The largest absolute Gasteiger partial charge is 0.507 e. The molecule has 2 amide bonds. The highest BCUT2D eigenvalue weighted by atomic mass is 16.5. The summed E-state index contributed by atoms with van der Waals surface area (Å²) in [5.74, 6) is -2.06. The molecule has 2 fully saturated rings. The Balaban J connectivity index is 1.43. The zero-order valence-electron chi connectivity index (χ0n) is 21.4. The van der Waals surface area contributed by atoms with Gasteiger partial charge in [0.05, 0.1) is 31.2 Å². The maximum atomic E-state index is 13.4. The molecule has 37 heavy (non-hydrogen) atoms. The summed E-state index contributed by atoms with van der Waals surface area (Å²) in [6.07, 6.45) is 6.31. The lowest BCUT2D eigenvalue weighted by Crippen LogP contribution is -2.35. The Bertz CT molecular complexity index is 1090. The Hall–Kier alpha value is -2.97. The van der Waals surface area contributed by atoms with Crippen LogP contribution in [0.1, 0.15) is 63.9 Å². The number of carboxylic acid groups (broad SMARTS) is 1. The molecule has 0 aromatic heterocycles. The van der Waals surface area contributed by atoms with Gasteiger partial charge in [-0.3, -0.25) is 19.3 Å². The molecule has 1 aromatic rings. The van der Waals surface area contributed by atoms with Gasteiger partial charge in [-0.2, -0.15) is 0 Å². The summed E-state index contributed by atoms with van der Waals surface area (Å²) in [5, 5.41) is 29.1. The molecule has 8 nitrogen and oxygen atoms in total. The van der Waals surface area contributed by atoms with Gasteiger partial charge >= 0.3 is 5.97 Å². The van der Waals surface area contributed by atoms with Crippen LogP contribution in [0.5, 0.6) is 5.75 Å². The number of fused-ring (bicyclic) bond motifs is 3. The number of phenolic OH excluding ortho intramolecular Hbond substituents is 1. The molecule has 8 heteroatoms. The van der Waals surface area contributed by atoms with E-state index in [-0.39, 0.29) is 42.6 Å². The number of aromatic hydroxyl groups is 1. The molecule has 1 aromatic carbocycles. The third-order valence-corrected chi connectivity index (χ3v) is 8.04. The molecule has 2 aliphatic heterocycles. The third kappa shape index (κ3) is 5.80. The number of amides is 2. The van der Waals surface area contributed by atoms with Crippen LogP contribution in [0.15, 0.2) is 41.0 Å². The topological polar surface area (TPSA) is 124 Å². The number of benzene rings is 1. The summed E-state index contributed by atoms with van der Waals surface area (Å²) in [6.45, 7) is 2.59. The van der Waals surface area contributed by atoms with Gasteiger partial charge in [-0.05, 0) is 55.7 Å². The molecule has 0 radical (unpaired) electrons. The van der Waals surface area contributed by atoms with E-state index in [9.17, 15) is 24.6 Å². The fraction of sp³-hybridized carbons (Fsp3) is 0.552. The molecule has 4 rings (SSSR count). The van der Waals surface area contributed by atoms with Crippen LogP contribution in [0.4, 0.5) is 0 Å². The number of unbranched alkanes of at least 4 members (excludes halogenated alkanes) is 2. The summed E-state index contributed by atoms with van der Waals surface area (Å²) < 4.78 is 6.18. The highest BCUT2D eigenvalue weighted by Crippen LogP contribution is 2.49. The zero-order valence-corrected chi connectivity index (χ0v) is 21.4. The predicted octanol–water partition coefficient (Wildman–Crippen LogP) is 3.92. The fourth-order valence-electron chi connectivity index (χ4n) is 6.12. The van der Waals surface area contributed by atoms with Gasteiger partial charge in [0.2, 0.25) is 11.8 Å². The van der Waals surface area contributed by atoms with Crippen molar-refractivity contribution in [2.24, 2.45) is 17.8 Å². The third-order valence-electron chi connectivity index (χ3n) is 8.04. The quantitative estimate of drug-likeness (QED) is 0.221. The molecule has 2 heterocycles. The van der Waals surface area contributed by atoms with Crippen molar-refractivity contribution in [2.75, 3.05) is 19.8 Å². The first-order chi connectivity index (χ1) is 17.8. The monoisotopic (exact) mass is 511 g/mol. The van der Waals surface area contributed by atoms with E-state index in [2.05, 4.69) is 6.92 Å². The smallest absolute Gasteiger partial charge is 0.303 e. The van der Waals surface area contributed by atoms with Crippen LogP contribution in [-0.2, 0) is 19.1 Å². The van der Waals surface area contributed by atoms with Crippen LogP contribution < -0.4 is 0 Å². The molecule has 3 N–H and O–H groups in total. The van der Waals surface area contributed by atoms with Crippen molar-refractivity contribution in [3.05, 3.63) is 46.5 Å². The van der Waals surface area contributed by atoms with Crippen LogP contribution in [-0.4, -0.2) is 63.9 Å². The Labute approximate surface area is 217 Å². The Morgan fingerprint density at radius 3 is 2.59 bits per heavy atom. The first-order valence-electron chi connectivity index (χ1n) is 13.3. The molecule has 0 unspecified atom stereocenters. The van der Waals surface area contributed by atoms with E-state index in [1.54, 1.807) is 12.1 Å². The number of hydrogen-bond acceptors (Lipinski definition) is 6. The number of phenols is 1. The lowest BCUT2D eigenvalue weighted by atomic mass is 9.69. The SMILES string of the molecule is CC/C(=C\c1ccccc1O)CC[C@H]1OC[C@H]2C1=C(CO)C[C@H]1C(=O)N(CCCCCC(=O)O)C(=O)[C@H]12. The molecule has 1 aliphatic carbocycles. The van der Waals surface area contributed by atoms with E-state index in [1.807, 2.05) is 18.2 Å². The van der Waals surface area contributed by atoms with Crippen molar-refractivity contribution in [2.45, 2.75) is 64.4 Å². The molecule has 0 spiro atoms. The van der Waals surface area contributed by atoms with Gasteiger partial charge in [0.25, 0.3) is 0 Å². The van der Waals surface area contributed by atoms with Gasteiger partial charge in [-0.1, -0.05) is 43.2 Å². The average molecular weight is 512 g/mol. The first kappa shape index (κ1) is 27.1.